The molecule has 0 saturated carbocycles. The first-order chi connectivity index (χ1) is 57.1. The summed E-state index contributed by atoms with van der Waals surface area (Å²) in [4.78, 5) is 87.1. The number of anilines is 5. The number of ether oxygens (including phenoxy) is 5. The van der Waals surface area contributed by atoms with E-state index in [9.17, 15) is 63.5 Å². The van der Waals surface area contributed by atoms with Gasteiger partial charge in [0.15, 0.2) is 0 Å². The molecule has 4 atom stereocenters. The Kier molecular flexibility index (Phi) is 32.8. The number of fused-ring (bicyclic) bond motifs is 3. The molecule has 9 aromatic rings. The van der Waals surface area contributed by atoms with Gasteiger partial charge in [0.2, 0.25) is 46.7 Å². The van der Waals surface area contributed by atoms with Crippen molar-refractivity contribution in [1.29, 1.82) is 0 Å². The molecule has 0 spiro atoms. The van der Waals surface area contributed by atoms with Crippen molar-refractivity contribution in [2.75, 3.05) is 171 Å². The molecule has 37 heteroatoms. The predicted molar refractivity (Wildman–Crippen MR) is 461 cm³/mol. The highest BCUT2D eigenvalue weighted by Gasteiger charge is 2.34. The molecule has 10 heterocycles. The maximum atomic E-state index is 14.4. The van der Waals surface area contributed by atoms with Gasteiger partial charge in [-0.15, -0.1) is 12.4 Å². The molecule has 7 aliphatic heterocycles. The minimum Gasteiger partial charge on any atom is -0.392 e. The third-order valence-electron chi connectivity index (χ3n) is 21.1. The van der Waals surface area contributed by atoms with Crippen LogP contribution in [0.25, 0.3) is 32.7 Å². The van der Waals surface area contributed by atoms with E-state index in [1.54, 1.807) is 93.9 Å². The number of rotatable bonds is 16. The van der Waals surface area contributed by atoms with Crippen molar-refractivity contribution in [3.8, 4) is 0 Å². The number of H-pyrrole nitrogens is 3. The van der Waals surface area contributed by atoms with E-state index in [-0.39, 0.29) is 125 Å². The van der Waals surface area contributed by atoms with Gasteiger partial charge in [0.05, 0.1) is 95.4 Å². The first-order valence-corrected chi connectivity index (χ1v) is 43.9. The number of hydrogen-bond acceptors (Lipinski definition) is 23. The number of hydrogen-bond donors (Lipinski definition) is 10. The van der Waals surface area contributed by atoms with Gasteiger partial charge in [-0.2, -0.15) is 12.9 Å². The Morgan fingerprint density at radius 1 is 0.433 bits per heavy atom. The van der Waals surface area contributed by atoms with Gasteiger partial charge >= 0.3 is 0 Å². The summed E-state index contributed by atoms with van der Waals surface area (Å²) in [7, 11) is -8.05. The molecule has 0 aliphatic carbocycles. The number of methoxy groups -OCH3 is 2. The lowest BCUT2D eigenvalue weighted by Gasteiger charge is -2.27. The van der Waals surface area contributed by atoms with Crippen LogP contribution in [0.5, 0.6) is 0 Å². The minimum atomic E-state index is -3.87. The van der Waals surface area contributed by atoms with Crippen LogP contribution in [0.1, 0.15) is 87.3 Å². The maximum Gasteiger partial charge on any atom is 0.258 e. The zero-order valence-electron chi connectivity index (χ0n) is 68.0. The van der Waals surface area contributed by atoms with Crippen LogP contribution in [-0.2, 0) is 53.8 Å². The molecular formula is C83H105ClFN13O19S3. The molecule has 3 aromatic heterocycles. The van der Waals surface area contributed by atoms with Crippen LogP contribution < -0.4 is 53.1 Å². The number of β-amino-alcohol motifs (C(OH)–C–C–N with tert-alkyl or cyclic N) is 2. The minimum absolute atomic E-state index is 0. The summed E-state index contributed by atoms with van der Waals surface area (Å²) in [5, 5.41) is 35.6. The zero-order chi connectivity index (χ0) is 85.3. The Morgan fingerprint density at radius 2 is 0.792 bits per heavy atom. The number of benzene rings is 6. The number of aliphatic hydroxyl groups is 2. The lowest BCUT2D eigenvalue weighted by Crippen LogP contribution is -2.40. The van der Waals surface area contributed by atoms with Gasteiger partial charge in [-0.25, -0.2) is 29.6 Å². The number of aromatic nitrogens is 3. The van der Waals surface area contributed by atoms with Crippen molar-refractivity contribution in [2.24, 2.45) is 0 Å². The highest BCUT2D eigenvalue weighted by molar-refractivity contribution is 7.89. The number of aliphatic hydroxyl groups excluding tert-OH is 2. The smallest absolute Gasteiger partial charge is 0.258 e. The van der Waals surface area contributed by atoms with Gasteiger partial charge in [0.25, 0.3) is 17.7 Å². The Bertz CT molecular complexity index is 5660. The molecule has 32 nitrogen and oxygen atoms in total. The van der Waals surface area contributed by atoms with Crippen LogP contribution in [-0.4, -0.2) is 251 Å². The second-order valence-electron chi connectivity index (χ2n) is 29.1. The third kappa shape index (κ3) is 23.2. The van der Waals surface area contributed by atoms with Gasteiger partial charge in [0.1, 0.15) is 5.82 Å². The summed E-state index contributed by atoms with van der Waals surface area (Å²) >= 11 is 0. The van der Waals surface area contributed by atoms with Crippen molar-refractivity contribution in [3.63, 3.8) is 0 Å². The highest BCUT2D eigenvalue weighted by Crippen LogP contribution is 2.34. The molecule has 3 amide bonds. The number of carbonyl (C=O) groups is 3. The number of halogens is 2. The molecule has 7 fully saturated rings. The lowest BCUT2D eigenvalue weighted by molar-refractivity contribution is 0.0730. The number of sulfonamides is 3. The van der Waals surface area contributed by atoms with Crippen LogP contribution in [0.4, 0.5) is 32.8 Å². The summed E-state index contributed by atoms with van der Waals surface area (Å²) in [5.41, 5.74) is 6.33. The molecule has 7 saturated heterocycles. The van der Waals surface area contributed by atoms with E-state index in [0.717, 1.165) is 90.1 Å². The Morgan fingerprint density at radius 3 is 1.12 bits per heavy atom. The molecule has 16 rings (SSSR count). The molecule has 0 bridgehead atoms. The van der Waals surface area contributed by atoms with Crippen molar-refractivity contribution in [3.05, 3.63) is 198 Å². The lowest BCUT2D eigenvalue weighted by atomic mass is 10.1. The number of amides is 3. The number of nitrogens with zero attached hydrogens (tertiary/aromatic N) is 5. The Hall–Kier alpha value is -9.45. The van der Waals surface area contributed by atoms with Gasteiger partial charge in [-0.1, -0.05) is 13.8 Å². The Labute approximate surface area is 702 Å². The second-order valence-corrected chi connectivity index (χ2v) is 34.9. The fourth-order valence-corrected chi connectivity index (χ4v) is 18.9. The Balaban J connectivity index is 0.000000173. The number of aryl methyl sites for hydroxylation is 3. The summed E-state index contributed by atoms with van der Waals surface area (Å²) in [6, 6.07) is 32.1. The van der Waals surface area contributed by atoms with Gasteiger partial charge in [-0.05, 0) is 185 Å². The average molecular weight is 1740 g/mol. The summed E-state index contributed by atoms with van der Waals surface area (Å²) in [6.45, 7) is 18.9. The largest absolute Gasteiger partial charge is 0.392 e. The summed E-state index contributed by atoms with van der Waals surface area (Å²) in [5.74, 6) is -2.50. The molecule has 6 aromatic carbocycles. The third-order valence-corrected chi connectivity index (χ3v) is 26.7. The van der Waals surface area contributed by atoms with Crippen LogP contribution in [0.15, 0.2) is 156 Å². The molecular weight excluding hydrogens is 1630 g/mol. The monoisotopic (exact) mass is 1740 g/mol. The highest BCUT2D eigenvalue weighted by atomic mass is 35.5. The SMILES string of the molecule is CC.COC1CCN(c2ccc(S(=O)(=O)N3CCOCC3)cc2C(=O)Nc2ccc3[nH]c(=O)cc(C)c3c2)C1.COC1CCNC1.Cc1cc(=O)[nH]c2ccc(NC(=O)c3cc(S(=O)(=O)N4CCOCC4)ccc3F)cc12.Cc1cc(=O)[nH]c2ccc(NC(=O)c3cc(S(=O)(=O)N4CCOCC4)ccc3N3CCC(O)C3)cc12.Cl.OC1CCNC1. The van der Waals surface area contributed by atoms with Crippen molar-refractivity contribution >= 4 is 121 Å². The molecule has 4 unspecified atom stereocenters. The van der Waals surface area contributed by atoms with Gasteiger partial charge < -0.3 is 85.2 Å². The standard InChI is InChI=1S/C26H30N4O6S.C25H28N4O6S.C21H20FN3O5S.C5H11NO.C4H9NO.C2H6.ClH/c1-17-13-25(31)28-23-5-3-18(14-21(17)23)27-26(32)22-15-20(37(33,34)30-9-11-36-12-10-30)4-6-24(22)29-8-7-19(16-29)35-2;1-16-12-24(31)27-22-4-2-17(13-20(16)22)26-25(32)21-14-19(36(33,34)29-8-10-35-11-9-29)3-5-23(21)28-7-6-18(30)15-28;1-13-10-20(26)24-19-5-2-14(11-16(13)19)23-21(27)17-12-15(3-4-18(17)22)31(28,29)25-6-8-30-9-7-25;1-7-5-2-3-6-4-5;6-4-1-2-5-3-4;1-2;/h3-6,13-15,19H,7-12,16H2,1-2H3,(H,27,32)(H,28,31);2-5,12-14,18,30H,6-11,15H2,1H3,(H,26,32)(H,27,31);2-5,10-12H,6-9H2,1H3,(H,23,27)(H,24,26);5-6H,2-4H2,1H3;4-6H,1-3H2;1-2H3;1H. The molecule has 648 valence electrons. The second kappa shape index (κ2) is 42.4. The average Bonchev–Trinajstić information content (AvgIpc) is 1.26. The van der Waals surface area contributed by atoms with E-state index in [1.165, 1.54) is 55.7 Å². The quantitative estimate of drug-likeness (QED) is 0.0463. The van der Waals surface area contributed by atoms with E-state index in [2.05, 4.69) is 41.5 Å². The summed E-state index contributed by atoms with van der Waals surface area (Å²) in [6.07, 6.45) is 3.44. The molecule has 0 radical (unpaired) electrons. The van der Waals surface area contributed by atoms with E-state index in [4.69, 9.17) is 28.8 Å². The van der Waals surface area contributed by atoms with Crippen molar-refractivity contribution in [2.45, 2.75) is 99.4 Å². The van der Waals surface area contributed by atoms with E-state index >= 15 is 0 Å². The molecule has 10 N–H and O–H groups in total. The van der Waals surface area contributed by atoms with Crippen LogP contribution >= 0.6 is 12.4 Å². The maximum absolute atomic E-state index is 14.4. The fraction of sp³-hybridized carbons (Fsp3) is 0.422. The van der Waals surface area contributed by atoms with Crippen LogP contribution in [0.2, 0.25) is 0 Å². The van der Waals surface area contributed by atoms with Gasteiger partial charge in [0, 0.05) is 172 Å². The first-order valence-electron chi connectivity index (χ1n) is 39.6. The van der Waals surface area contributed by atoms with Crippen molar-refractivity contribution < 1.29 is 77.9 Å². The number of aromatic amines is 3. The van der Waals surface area contributed by atoms with Gasteiger partial charge in [-0.3, -0.25) is 28.8 Å². The van der Waals surface area contributed by atoms with E-state index in [1.807, 2.05) is 37.5 Å². The van der Waals surface area contributed by atoms with Crippen LogP contribution in [0.3, 0.4) is 0 Å². The van der Waals surface area contributed by atoms with E-state index < -0.39 is 59.7 Å². The van der Waals surface area contributed by atoms with Crippen molar-refractivity contribution in [1.82, 2.24) is 38.5 Å². The molecule has 120 heavy (non-hydrogen) atoms. The predicted octanol–water partition coefficient (Wildman–Crippen LogP) is 7.05. The first kappa shape index (κ1) is 92.8. The normalized spacial score (nSPS) is 19.1. The molecule has 7 aliphatic rings. The topological polar surface area (TPSA) is 415 Å². The summed E-state index contributed by atoms with van der Waals surface area (Å²) < 4.78 is 124. The van der Waals surface area contributed by atoms with E-state index in [0.29, 0.717) is 110 Å². The fourth-order valence-electron chi connectivity index (χ4n) is 14.6. The van der Waals surface area contributed by atoms with Crippen LogP contribution in [0, 0.1) is 26.6 Å². The zero-order valence-corrected chi connectivity index (χ0v) is 71.3. The number of carbonyl (C=O) groups excluding carboxylic acids is 3. The number of nitrogens with one attached hydrogen (secondary N) is 8. The number of morpholine rings is 3. The number of pyridine rings is 3.